The average molecular weight is 423 g/mol. The Labute approximate surface area is 180 Å². The Kier molecular flexibility index (Phi) is 17.1. The van der Waals surface area contributed by atoms with E-state index in [4.69, 9.17) is 15.9 Å². The molecule has 0 heterocycles. The number of allylic oxidation sites excluding steroid dienone is 5. The quantitative estimate of drug-likeness (QED) is 0.199. The molecule has 0 aliphatic carbocycles. The number of aliphatic hydroxyl groups is 1. The number of nitrogens with two attached hydrogens (primary N) is 1. The van der Waals surface area contributed by atoms with Crippen LogP contribution in [0.4, 0.5) is 0 Å². The van der Waals surface area contributed by atoms with Gasteiger partial charge in [0.05, 0.1) is 6.10 Å². The number of aliphatic carboxylic acids is 1. The molecule has 0 radical (unpaired) electrons. The fraction of sp³-hybridized carbons (Fsp3) is 0.609. The summed E-state index contributed by atoms with van der Waals surface area (Å²) in [5.74, 6) is -2.03. The Hall–Kier alpha value is -2.41. The number of hydrogen-bond donors (Lipinski definition) is 4. The normalized spacial score (nSPS) is 13.8. The molecule has 0 aromatic heterocycles. The third-order valence-electron chi connectivity index (χ3n) is 4.38. The maximum absolute atomic E-state index is 11.8. The number of amides is 2. The Morgan fingerprint density at radius 1 is 0.900 bits per heavy atom. The molecule has 2 amide bonds. The fourth-order valence-corrected chi connectivity index (χ4v) is 2.73. The van der Waals surface area contributed by atoms with Crippen LogP contribution in [0.5, 0.6) is 0 Å². The van der Waals surface area contributed by atoms with E-state index in [-0.39, 0.29) is 24.9 Å². The number of aliphatic hydroxyl groups excluding tert-OH is 1. The molecule has 7 nitrogen and oxygen atoms in total. The van der Waals surface area contributed by atoms with Gasteiger partial charge in [-0.25, -0.2) is 4.79 Å². The van der Waals surface area contributed by atoms with Gasteiger partial charge in [-0.3, -0.25) is 9.59 Å². The molecule has 0 rings (SSSR count). The topological polar surface area (TPSA) is 130 Å². The first-order valence-electron chi connectivity index (χ1n) is 10.8. The van der Waals surface area contributed by atoms with Crippen molar-refractivity contribution < 1.29 is 24.6 Å². The number of rotatable bonds is 18. The minimum absolute atomic E-state index is 0.0136. The first kappa shape index (κ1) is 27.6. The number of carboxylic acids is 1. The van der Waals surface area contributed by atoms with E-state index in [1.165, 1.54) is 0 Å². The SMILES string of the molecule is CC(O)C=CCC=CCC=CCCCCCCCC(=O)NC(CCC(N)=O)C(=O)O. The van der Waals surface area contributed by atoms with Gasteiger partial charge in [0.2, 0.25) is 11.8 Å². The Morgan fingerprint density at radius 3 is 2.13 bits per heavy atom. The molecule has 2 unspecified atom stereocenters. The fourth-order valence-electron chi connectivity index (χ4n) is 2.73. The molecule has 0 aliphatic heterocycles. The van der Waals surface area contributed by atoms with Crippen molar-refractivity contribution in [3.63, 3.8) is 0 Å². The van der Waals surface area contributed by atoms with E-state index in [0.717, 1.165) is 51.4 Å². The predicted octanol–water partition coefficient (Wildman–Crippen LogP) is 3.38. The van der Waals surface area contributed by atoms with Crippen LogP contribution < -0.4 is 11.1 Å². The largest absolute Gasteiger partial charge is 0.480 e. The van der Waals surface area contributed by atoms with Crippen molar-refractivity contribution in [2.75, 3.05) is 0 Å². The van der Waals surface area contributed by atoms with Gasteiger partial charge >= 0.3 is 5.97 Å². The van der Waals surface area contributed by atoms with Crippen molar-refractivity contribution >= 4 is 17.8 Å². The van der Waals surface area contributed by atoms with Gasteiger partial charge in [-0.2, -0.15) is 0 Å². The molecule has 2 atom stereocenters. The van der Waals surface area contributed by atoms with E-state index in [1.807, 2.05) is 6.08 Å². The summed E-state index contributed by atoms with van der Waals surface area (Å²) in [6, 6.07) is -1.06. The smallest absolute Gasteiger partial charge is 0.326 e. The molecule has 0 bridgehead atoms. The number of unbranched alkanes of at least 4 members (excludes halogenated alkanes) is 5. The van der Waals surface area contributed by atoms with Crippen molar-refractivity contribution in [3.05, 3.63) is 36.5 Å². The second-order valence-corrected chi connectivity index (χ2v) is 7.35. The number of carbonyl (C=O) groups is 3. The number of carboxylic acid groups (broad SMARTS) is 1. The summed E-state index contributed by atoms with van der Waals surface area (Å²) < 4.78 is 0. The van der Waals surface area contributed by atoms with E-state index in [2.05, 4.69) is 29.6 Å². The van der Waals surface area contributed by atoms with Gasteiger partial charge in [-0.15, -0.1) is 0 Å². The lowest BCUT2D eigenvalue weighted by Crippen LogP contribution is -2.41. The molecule has 170 valence electrons. The molecule has 0 fully saturated rings. The zero-order valence-electron chi connectivity index (χ0n) is 18.1. The number of nitrogens with one attached hydrogen (secondary N) is 1. The lowest BCUT2D eigenvalue weighted by atomic mass is 10.1. The highest BCUT2D eigenvalue weighted by Crippen LogP contribution is 2.08. The van der Waals surface area contributed by atoms with Gasteiger partial charge in [0.1, 0.15) is 6.04 Å². The number of carbonyl (C=O) groups excluding carboxylic acids is 2. The van der Waals surface area contributed by atoms with Crippen molar-refractivity contribution in [1.29, 1.82) is 0 Å². The minimum Gasteiger partial charge on any atom is -0.480 e. The summed E-state index contributed by atoms with van der Waals surface area (Å²) in [6.07, 6.45) is 19.8. The molecule has 0 aromatic rings. The lowest BCUT2D eigenvalue weighted by Gasteiger charge is -2.13. The van der Waals surface area contributed by atoms with E-state index < -0.39 is 17.9 Å². The molecule has 0 saturated heterocycles. The molecule has 7 heteroatoms. The van der Waals surface area contributed by atoms with Crippen LogP contribution in [0, 0.1) is 0 Å². The second kappa shape index (κ2) is 18.6. The molecule has 5 N–H and O–H groups in total. The lowest BCUT2D eigenvalue weighted by molar-refractivity contribution is -0.142. The van der Waals surface area contributed by atoms with Crippen molar-refractivity contribution in [2.24, 2.45) is 5.73 Å². The average Bonchev–Trinajstić information content (AvgIpc) is 2.67. The minimum atomic E-state index is -1.15. The maximum atomic E-state index is 11.8. The molecular formula is C23H38N2O5. The Bertz CT molecular complexity index is 582. The van der Waals surface area contributed by atoms with Crippen molar-refractivity contribution in [3.8, 4) is 0 Å². The highest BCUT2D eigenvalue weighted by Gasteiger charge is 2.20. The molecule has 0 saturated carbocycles. The highest BCUT2D eigenvalue weighted by molar-refractivity contribution is 5.84. The van der Waals surface area contributed by atoms with E-state index >= 15 is 0 Å². The molecule has 30 heavy (non-hydrogen) atoms. The number of primary amides is 1. The first-order chi connectivity index (χ1) is 14.3. The van der Waals surface area contributed by atoms with Crippen molar-refractivity contribution in [2.45, 2.75) is 89.7 Å². The van der Waals surface area contributed by atoms with E-state index in [9.17, 15) is 14.4 Å². The van der Waals surface area contributed by atoms with Crippen molar-refractivity contribution in [1.82, 2.24) is 5.32 Å². The first-order valence-corrected chi connectivity index (χ1v) is 10.8. The number of hydrogen-bond acceptors (Lipinski definition) is 4. The van der Waals surface area contributed by atoms with Gasteiger partial charge < -0.3 is 21.3 Å². The van der Waals surface area contributed by atoms with Crippen LogP contribution in [-0.2, 0) is 14.4 Å². The molecular weight excluding hydrogens is 384 g/mol. The molecule has 0 aromatic carbocycles. The van der Waals surface area contributed by atoms with Crippen LogP contribution >= 0.6 is 0 Å². The standard InChI is InChI=1S/C23H38N2O5/c1-19(26)15-13-11-9-7-5-3-2-4-6-8-10-12-14-16-22(28)25-20(23(29)30)17-18-21(24)27/h2-3,7,9,13,15,19-20,26H,4-6,8,10-12,14,16-18H2,1H3,(H2,24,27)(H,25,28)(H,29,30). The van der Waals surface area contributed by atoms with Crippen LogP contribution in [0.2, 0.25) is 0 Å². The van der Waals surface area contributed by atoms with Crippen LogP contribution in [0.1, 0.15) is 77.6 Å². The van der Waals surface area contributed by atoms with Crippen LogP contribution in [0.3, 0.4) is 0 Å². The van der Waals surface area contributed by atoms with Crippen LogP contribution in [0.25, 0.3) is 0 Å². The highest BCUT2D eigenvalue weighted by atomic mass is 16.4. The van der Waals surface area contributed by atoms with Crippen LogP contribution in [-0.4, -0.2) is 40.1 Å². The maximum Gasteiger partial charge on any atom is 0.326 e. The van der Waals surface area contributed by atoms with E-state index in [0.29, 0.717) is 6.42 Å². The summed E-state index contributed by atoms with van der Waals surface area (Å²) >= 11 is 0. The summed E-state index contributed by atoms with van der Waals surface area (Å²) in [7, 11) is 0. The summed E-state index contributed by atoms with van der Waals surface area (Å²) in [4.78, 5) is 33.7. The van der Waals surface area contributed by atoms with Crippen LogP contribution in [0.15, 0.2) is 36.5 Å². The predicted molar refractivity (Wildman–Crippen MR) is 119 cm³/mol. The van der Waals surface area contributed by atoms with E-state index in [1.54, 1.807) is 13.0 Å². The molecule has 0 spiro atoms. The third kappa shape index (κ3) is 18.9. The third-order valence-corrected chi connectivity index (χ3v) is 4.38. The van der Waals surface area contributed by atoms with Gasteiger partial charge in [-0.05, 0) is 45.4 Å². The summed E-state index contributed by atoms with van der Waals surface area (Å²) in [5, 5.41) is 20.6. The monoisotopic (exact) mass is 422 g/mol. The summed E-state index contributed by atoms with van der Waals surface area (Å²) in [6.45, 7) is 1.73. The van der Waals surface area contributed by atoms with Gasteiger partial charge in [0, 0.05) is 12.8 Å². The zero-order valence-corrected chi connectivity index (χ0v) is 18.1. The van der Waals surface area contributed by atoms with Gasteiger partial charge in [0.25, 0.3) is 0 Å². The Morgan fingerprint density at radius 2 is 1.50 bits per heavy atom. The van der Waals surface area contributed by atoms with Gasteiger partial charge in [0.15, 0.2) is 0 Å². The zero-order chi connectivity index (χ0) is 22.6. The summed E-state index contributed by atoms with van der Waals surface area (Å²) in [5.41, 5.74) is 5.01. The Balaban J connectivity index is 3.66. The molecule has 0 aliphatic rings. The second-order valence-electron chi connectivity index (χ2n) is 7.35. The van der Waals surface area contributed by atoms with Gasteiger partial charge in [-0.1, -0.05) is 55.7 Å².